The Kier molecular flexibility index (Phi) is 6.68. The predicted octanol–water partition coefficient (Wildman–Crippen LogP) is 1.20. The number of likely N-dealkylation sites (tertiary alicyclic amines) is 1. The quantitative estimate of drug-likeness (QED) is 0.786. The van der Waals surface area contributed by atoms with Gasteiger partial charge in [0.25, 0.3) is 0 Å². The molecule has 1 aromatic rings. The van der Waals surface area contributed by atoms with Crippen molar-refractivity contribution >= 4 is 11.8 Å². The van der Waals surface area contributed by atoms with E-state index in [1.54, 1.807) is 11.2 Å². The van der Waals surface area contributed by atoms with Gasteiger partial charge in [-0.1, -0.05) is 0 Å². The van der Waals surface area contributed by atoms with Crippen LogP contribution < -0.4 is 0 Å². The van der Waals surface area contributed by atoms with Crippen LogP contribution in [0.2, 0.25) is 0 Å². The summed E-state index contributed by atoms with van der Waals surface area (Å²) in [5.41, 5.74) is 0. The van der Waals surface area contributed by atoms with Gasteiger partial charge in [-0.3, -0.25) is 14.5 Å². The van der Waals surface area contributed by atoms with Gasteiger partial charge in [-0.15, -0.1) is 0 Å². The molecule has 2 fully saturated rings. The lowest BCUT2D eigenvalue weighted by atomic mass is 9.96. The van der Waals surface area contributed by atoms with Crippen LogP contribution in [0.15, 0.2) is 22.8 Å². The van der Waals surface area contributed by atoms with Crippen LogP contribution in [0.25, 0.3) is 0 Å². The molecule has 0 N–H and O–H groups in total. The SMILES string of the molecule is COCC(=O)N1CCCN(C(=O)[C@H]2CCCN(Cc3ccco3)C2)CC1. The van der Waals surface area contributed by atoms with Gasteiger partial charge < -0.3 is 19.0 Å². The Morgan fingerprint density at radius 3 is 2.73 bits per heavy atom. The fourth-order valence-corrected chi connectivity index (χ4v) is 3.88. The zero-order chi connectivity index (χ0) is 18.4. The molecule has 0 bridgehead atoms. The summed E-state index contributed by atoms with van der Waals surface area (Å²) in [6, 6.07) is 3.88. The third-order valence-corrected chi connectivity index (χ3v) is 5.24. The molecule has 2 amide bonds. The van der Waals surface area contributed by atoms with Crippen molar-refractivity contribution in [1.82, 2.24) is 14.7 Å². The molecular formula is C19H29N3O4. The van der Waals surface area contributed by atoms with Gasteiger partial charge in [0.1, 0.15) is 12.4 Å². The summed E-state index contributed by atoms with van der Waals surface area (Å²) in [6.45, 7) is 5.28. The number of carbonyl (C=O) groups is 2. The van der Waals surface area contributed by atoms with E-state index in [0.717, 1.165) is 51.2 Å². The fourth-order valence-electron chi connectivity index (χ4n) is 3.88. The second-order valence-electron chi connectivity index (χ2n) is 7.15. The van der Waals surface area contributed by atoms with E-state index >= 15 is 0 Å². The molecule has 2 aliphatic rings. The summed E-state index contributed by atoms with van der Waals surface area (Å²) < 4.78 is 10.4. The highest BCUT2D eigenvalue weighted by molar-refractivity contribution is 5.80. The van der Waals surface area contributed by atoms with Crippen LogP contribution in [-0.4, -0.2) is 79.5 Å². The molecule has 3 rings (SSSR count). The standard InChI is InChI=1S/C19H29N3O4/c1-25-15-18(23)21-8-4-9-22(11-10-21)19(24)16-5-2-7-20(13-16)14-17-6-3-12-26-17/h3,6,12,16H,2,4-5,7-11,13-15H2,1H3/t16-/m0/s1. The van der Waals surface area contributed by atoms with Crippen molar-refractivity contribution in [3.05, 3.63) is 24.2 Å². The van der Waals surface area contributed by atoms with E-state index in [1.807, 2.05) is 17.0 Å². The molecule has 0 spiro atoms. The lowest BCUT2D eigenvalue weighted by molar-refractivity contribution is -0.138. The molecule has 0 radical (unpaired) electrons. The number of rotatable bonds is 5. The first-order chi connectivity index (χ1) is 12.7. The first kappa shape index (κ1) is 18.9. The van der Waals surface area contributed by atoms with Gasteiger partial charge >= 0.3 is 0 Å². The molecule has 0 aliphatic carbocycles. The molecule has 26 heavy (non-hydrogen) atoms. The topological polar surface area (TPSA) is 66.2 Å². The third kappa shape index (κ3) is 4.86. The second-order valence-corrected chi connectivity index (χ2v) is 7.15. The molecule has 2 saturated heterocycles. The molecule has 1 atom stereocenters. The van der Waals surface area contributed by atoms with E-state index in [-0.39, 0.29) is 24.3 Å². The minimum atomic E-state index is 0.00379. The number of piperidine rings is 1. The van der Waals surface area contributed by atoms with Crippen molar-refractivity contribution in [2.24, 2.45) is 5.92 Å². The van der Waals surface area contributed by atoms with Crippen LogP contribution in [-0.2, 0) is 20.9 Å². The zero-order valence-electron chi connectivity index (χ0n) is 15.6. The maximum absolute atomic E-state index is 13.0. The van der Waals surface area contributed by atoms with Crippen LogP contribution >= 0.6 is 0 Å². The number of hydrogen-bond acceptors (Lipinski definition) is 5. The number of nitrogens with zero attached hydrogens (tertiary/aromatic N) is 3. The summed E-state index contributed by atoms with van der Waals surface area (Å²) >= 11 is 0. The van der Waals surface area contributed by atoms with Crippen molar-refractivity contribution < 1.29 is 18.7 Å². The van der Waals surface area contributed by atoms with Crippen LogP contribution in [0.3, 0.4) is 0 Å². The molecule has 144 valence electrons. The highest BCUT2D eigenvalue weighted by Crippen LogP contribution is 2.21. The number of methoxy groups -OCH3 is 1. The van der Waals surface area contributed by atoms with E-state index < -0.39 is 0 Å². The second kappa shape index (κ2) is 9.19. The first-order valence-electron chi connectivity index (χ1n) is 9.47. The summed E-state index contributed by atoms with van der Waals surface area (Å²) in [5, 5.41) is 0. The Morgan fingerprint density at radius 1 is 1.15 bits per heavy atom. The number of amides is 2. The minimum absolute atomic E-state index is 0.00379. The number of furan rings is 1. The number of ether oxygens (including phenoxy) is 1. The van der Waals surface area contributed by atoms with E-state index in [4.69, 9.17) is 9.15 Å². The third-order valence-electron chi connectivity index (χ3n) is 5.24. The van der Waals surface area contributed by atoms with Crippen LogP contribution in [0.1, 0.15) is 25.0 Å². The molecule has 0 saturated carbocycles. The van der Waals surface area contributed by atoms with Crippen molar-refractivity contribution in [2.45, 2.75) is 25.8 Å². The molecule has 0 unspecified atom stereocenters. The van der Waals surface area contributed by atoms with Crippen molar-refractivity contribution in [3.63, 3.8) is 0 Å². The zero-order valence-corrected chi connectivity index (χ0v) is 15.6. The van der Waals surface area contributed by atoms with E-state index in [1.165, 1.54) is 7.11 Å². The molecule has 7 nitrogen and oxygen atoms in total. The molecular weight excluding hydrogens is 334 g/mol. The van der Waals surface area contributed by atoms with Gasteiger partial charge in [0, 0.05) is 39.8 Å². The molecule has 0 aromatic carbocycles. The van der Waals surface area contributed by atoms with Crippen LogP contribution in [0, 0.1) is 5.92 Å². The highest BCUT2D eigenvalue weighted by atomic mass is 16.5. The Bertz CT molecular complexity index is 590. The lowest BCUT2D eigenvalue weighted by Gasteiger charge is -2.34. The number of carbonyl (C=O) groups excluding carboxylic acids is 2. The maximum atomic E-state index is 13.0. The van der Waals surface area contributed by atoms with Crippen LogP contribution in [0.5, 0.6) is 0 Å². The summed E-state index contributed by atoms with van der Waals surface area (Å²) in [5.74, 6) is 1.22. The maximum Gasteiger partial charge on any atom is 0.248 e. The summed E-state index contributed by atoms with van der Waals surface area (Å²) in [4.78, 5) is 31.1. The van der Waals surface area contributed by atoms with Crippen molar-refractivity contribution in [3.8, 4) is 0 Å². The highest BCUT2D eigenvalue weighted by Gasteiger charge is 2.31. The van der Waals surface area contributed by atoms with E-state index in [2.05, 4.69) is 4.90 Å². The lowest BCUT2D eigenvalue weighted by Crippen LogP contribution is -2.46. The predicted molar refractivity (Wildman–Crippen MR) is 96.4 cm³/mol. The van der Waals surface area contributed by atoms with Gasteiger partial charge in [0.2, 0.25) is 11.8 Å². The molecule has 1 aromatic heterocycles. The van der Waals surface area contributed by atoms with E-state index in [0.29, 0.717) is 19.6 Å². The average Bonchev–Trinajstić information content (AvgIpc) is 3.03. The van der Waals surface area contributed by atoms with Gasteiger partial charge in [-0.25, -0.2) is 0 Å². The normalized spacial score (nSPS) is 22.3. The Balaban J connectivity index is 1.52. The Morgan fingerprint density at radius 2 is 1.96 bits per heavy atom. The van der Waals surface area contributed by atoms with E-state index in [9.17, 15) is 9.59 Å². The molecule has 2 aliphatic heterocycles. The van der Waals surface area contributed by atoms with Gasteiger partial charge in [-0.2, -0.15) is 0 Å². The number of hydrogen-bond donors (Lipinski definition) is 0. The monoisotopic (exact) mass is 363 g/mol. The van der Waals surface area contributed by atoms with Gasteiger partial charge in [0.15, 0.2) is 0 Å². The molecule has 3 heterocycles. The van der Waals surface area contributed by atoms with Crippen molar-refractivity contribution in [2.75, 3.05) is 53.0 Å². The summed E-state index contributed by atoms with van der Waals surface area (Å²) in [7, 11) is 1.53. The van der Waals surface area contributed by atoms with Gasteiger partial charge in [0.05, 0.1) is 18.7 Å². The molecule has 7 heteroatoms. The minimum Gasteiger partial charge on any atom is -0.468 e. The van der Waals surface area contributed by atoms with Gasteiger partial charge in [-0.05, 0) is 37.9 Å². The average molecular weight is 363 g/mol. The van der Waals surface area contributed by atoms with Crippen LogP contribution in [0.4, 0.5) is 0 Å². The van der Waals surface area contributed by atoms with Crippen molar-refractivity contribution in [1.29, 1.82) is 0 Å². The largest absolute Gasteiger partial charge is 0.468 e. The summed E-state index contributed by atoms with van der Waals surface area (Å²) in [6.07, 6.45) is 4.49. The fraction of sp³-hybridized carbons (Fsp3) is 0.684. The smallest absolute Gasteiger partial charge is 0.248 e. The Hall–Kier alpha value is -1.86. The first-order valence-corrected chi connectivity index (χ1v) is 9.47. The Labute approximate surface area is 154 Å².